The van der Waals surface area contributed by atoms with Gasteiger partial charge in [0.1, 0.15) is 0 Å². The van der Waals surface area contributed by atoms with Gasteiger partial charge in [-0.05, 0) is 57.9 Å². The van der Waals surface area contributed by atoms with Crippen LogP contribution in [0, 0.1) is 13.8 Å². The Balaban J connectivity index is 2.33. The van der Waals surface area contributed by atoms with Crippen LogP contribution in [0.4, 0.5) is 5.13 Å². The Morgan fingerprint density at radius 2 is 1.74 bits per heavy atom. The Morgan fingerprint density at radius 3 is 2.26 bits per heavy atom. The molecule has 1 N–H and O–H groups in total. The van der Waals surface area contributed by atoms with Crippen molar-refractivity contribution in [1.82, 2.24) is 9.36 Å². The molecule has 0 aliphatic rings. The minimum absolute atomic E-state index is 0.00233. The summed E-state index contributed by atoms with van der Waals surface area (Å²) >= 11 is 4.98. The number of anilines is 1. The molecule has 0 spiro atoms. The lowest BCUT2D eigenvalue weighted by atomic mass is 10.1. The molecule has 0 aliphatic heterocycles. The highest BCUT2D eigenvalue weighted by Gasteiger charge is 2.14. The van der Waals surface area contributed by atoms with Crippen LogP contribution >= 0.6 is 27.5 Å². The number of halogens is 1. The molecule has 2 aromatic rings. The smallest absolute Gasteiger partial charge is 0.203 e. The summed E-state index contributed by atoms with van der Waals surface area (Å²) in [6, 6.07) is 4.22. The number of nitrogens with zero attached hydrogens (tertiary/aromatic N) is 2. The van der Waals surface area contributed by atoms with Crippen LogP contribution in [0.2, 0.25) is 0 Å². The average Bonchev–Trinajstić information content (AvgIpc) is 2.71. The van der Waals surface area contributed by atoms with Gasteiger partial charge in [-0.2, -0.15) is 9.36 Å². The lowest BCUT2D eigenvalue weighted by Gasteiger charge is -2.18. The maximum absolute atomic E-state index is 4.56. The largest absolute Gasteiger partial charge is 0.356 e. The second kappa shape index (κ2) is 5.21. The van der Waals surface area contributed by atoms with Crippen LogP contribution in [-0.4, -0.2) is 14.9 Å². The lowest BCUT2D eigenvalue weighted by Crippen LogP contribution is -2.25. The molecule has 102 valence electrons. The van der Waals surface area contributed by atoms with Crippen molar-refractivity contribution in [3.8, 4) is 11.4 Å². The second-order valence-electron chi connectivity index (χ2n) is 5.72. The molecular weight excluding hydrogens is 322 g/mol. The third kappa shape index (κ3) is 3.54. The number of hydrogen-bond acceptors (Lipinski definition) is 4. The molecule has 3 nitrogen and oxygen atoms in total. The van der Waals surface area contributed by atoms with E-state index in [9.17, 15) is 0 Å². The van der Waals surface area contributed by atoms with Gasteiger partial charge >= 0.3 is 0 Å². The highest BCUT2D eigenvalue weighted by atomic mass is 79.9. The van der Waals surface area contributed by atoms with E-state index in [0.29, 0.717) is 0 Å². The first kappa shape index (κ1) is 14.5. The normalized spacial score (nSPS) is 11.7. The van der Waals surface area contributed by atoms with Crippen molar-refractivity contribution in [2.24, 2.45) is 0 Å². The van der Waals surface area contributed by atoms with E-state index in [1.54, 1.807) is 0 Å². The summed E-state index contributed by atoms with van der Waals surface area (Å²) in [5, 5.41) is 4.21. The predicted molar refractivity (Wildman–Crippen MR) is 85.9 cm³/mol. The maximum Gasteiger partial charge on any atom is 0.203 e. The molecule has 0 bridgehead atoms. The van der Waals surface area contributed by atoms with Crippen molar-refractivity contribution in [3.05, 3.63) is 27.7 Å². The maximum atomic E-state index is 4.56. The standard InChI is InChI=1S/C14H18BrN3S/c1-8-6-10(7-9(2)11(8)15)12-16-13(19-18-12)17-14(3,4)5/h6-7H,1-5H3,(H,16,17,18). The zero-order chi connectivity index (χ0) is 14.2. The van der Waals surface area contributed by atoms with Crippen LogP contribution in [0.3, 0.4) is 0 Å². The zero-order valence-corrected chi connectivity index (χ0v) is 14.2. The lowest BCUT2D eigenvalue weighted by molar-refractivity contribution is 0.633. The van der Waals surface area contributed by atoms with Crippen LogP contribution in [-0.2, 0) is 0 Å². The quantitative estimate of drug-likeness (QED) is 0.854. The molecule has 0 saturated carbocycles. The van der Waals surface area contributed by atoms with Crippen LogP contribution in [0.25, 0.3) is 11.4 Å². The van der Waals surface area contributed by atoms with Gasteiger partial charge in [-0.15, -0.1) is 0 Å². The third-order valence-corrected chi connectivity index (χ3v) is 4.48. The van der Waals surface area contributed by atoms with Gasteiger partial charge in [0.2, 0.25) is 5.13 Å². The molecular formula is C14H18BrN3S. The van der Waals surface area contributed by atoms with Gasteiger partial charge in [0.15, 0.2) is 5.82 Å². The average molecular weight is 340 g/mol. The first-order valence-corrected chi connectivity index (χ1v) is 7.72. The predicted octanol–water partition coefficient (Wildman–Crippen LogP) is 4.79. The SMILES string of the molecule is Cc1cc(-c2nsc(NC(C)(C)C)n2)cc(C)c1Br. The number of rotatable bonds is 2. The van der Waals surface area contributed by atoms with Crippen LogP contribution in [0.1, 0.15) is 31.9 Å². The molecule has 2 rings (SSSR count). The van der Waals surface area contributed by atoms with Gasteiger partial charge in [-0.1, -0.05) is 15.9 Å². The van der Waals surface area contributed by atoms with Crippen molar-refractivity contribution < 1.29 is 0 Å². The van der Waals surface area contributed by atoms with Gasteiger partial charge in [0.05, 0.1) is 0 Å². The van der Waals surface area contributed by atoms with E-state index in [4.69, 9.17) is 0 Å². The topological polar surface area (TPSA) is 37.8 Å². The summed E-state index contributed by atoms with van der Waals surface area (Å²) in [7, 11) is 0. The van der Waals surface area contributed by atoms with E-state index in [2.05, 4.69) is 77.4 Å². The summed E-state index contributed by atoms with van der Waals surface area (Å²) < 4.78 is 5.59. The summed E-state index contributed by atoms with van der Waals surface area (Å²) in [6.07, 6.45) is 0. The Bertz CT molecular complexity index is 576. The number of aryl methyl sites for hydroxylation is 2. The molecule has 0 unspecified atom stereocenters. The summed E-state index contributed by atoms with van der Waals surface area (Å²) in [6.45, 7) is 10.5. The van der Waals surface area contributed by atoms with Crippen LogP contribution < -0.4 is 5.32 Å². The zero-order valence-electron chi connectivity index (χ0n) is 11.8. The van der Waals surface area contributed by atoms with Gasteiger partial charge in [0, 0.05) is 27.1 Å². The van der Waals surface area contributed by atoms with Crippen molar-refractivity contribution in [1.29, 1.82) is 0 Å². The third-order valence-electron chi connectivity index (χ3n) is 2.60. The number of benzene rings is 1. The van der Waals surface area contributed by atoms with E-state index < -0.39 is 0 Å². The molecule has 1 heterocycles. The summed E-state index contributed by atoms with van der Waals surface area (Å²) in [4.78, 5) is 4.56. The Kier molecular flexibility index (Phi) is 3.97. The molecule has 0 atom stereocenters. The van der Waals surface area contributed by atoms with E-state index >= 15 is 0 Å². The van der Waals surface area contributed by atoms with Crippen molar-refractivity contribution >= 4 is 32.6 Å². The summed E-state index contributed by atoms with van der Waals surface area (Å²) in [5.74, 6) is 0.787. The molecule has 1 aromatic heterocycles. The Labute approximate surface area is 126 Å². The van der Waals surface area contributed by atoms with Crippen molar-refractivity contribution in [3.63, 3.8) is 0 Å². The molecule has 0 radical (unpaired) electrons. The number of hydrogen-bond donors (Lipinski definition) is 1. The summed E-state index contributed by atoms with van der Waals surface area (Å²) in [5.41, 5.74) is 3.48. The van der Waals surface area contributed by atoms with Gasteiger partial charge < -0.3 is 5.32 Å². The second-order valence-corrected chi connectivity index (χ2v) is 7.27. The highest BCUT2D eigenvalue weighted by Crippen LogP contribution is 2.29. The fourth-order valence-electron chi connectivity index (χ4n) is 1.79. The fourth-order valence-corrected chi connectivity index (χ4v) is 2.81. The van der Waals surface area contributed by atoms with Gasteiger partial charge in [-0.25, -0.2) is 0 Å². The molecule has 0 amide bonds. The molecule has 0 aliphatic carbocycles. The van der Waals surface area contributed by atoms with Crippen molar-refractivity contribution in [2.45, 2.75) is 40.2 Å². The number of nitrogens with one attached hydrogen (secondary N) is 1. The molecule has 0 fully saturated rings. The van der Waals surface area contributed by atoms with Crippen molar-refractivity contribution in [2.75, 3.05) is 5.32 Å². The first-order valence-electron chi connectivity index (χ1n) is 6.15. The fraction of sp³-hybridized carbons (Fsp3) is 0.429. The van der Waals surface area contributed by atoms with Gasteiger partial charge in [-0.3, -0.25) is 0 Å². The molecule has 1 aromatic carbocycles. The van der Waals surface area contributed by atoms with E-state index in [1.165, 1.54) is 22.7 Å². The molecule has 19 heavy (non-hydrogen) atoms. The Hall–Kier alpha value is -0.940. The van der Waals surface area contributed by atoms with E-state index in [0.717, 1.165) is 21.0 Å². The van der Waals surface area contributed by atoms with E-state index in [1.807, 2.05) is 0 Å². The Morgan fingerprint density at radius 1 is 1.16 bits per heavy atom. The highest BCUT2D eigenvalue weighted by molar-refractivity contribution is 9.10. The van der Waals surface area contributed by atoms with E-state index in [-0.39, 0.29) is 5.54 Å². The van der Waals surface area contributed by atoms with Gasteiger partial charge in [0.25, 0.3) is 0 Å². The molecule has 5 heteroatoms. The first-order chi connectivity index (χ1) is 8.76. The minimum atomic E-state index is 0.00233. The number of aromatic nitrogens is 2. The van der Waals surface area contributed by atoms with Crippen LogP contribution in [0.5, 0.6) is 0 Å². The van der Waals surface area contributed by atoms with Crippen LogP contribution in [0.15, 0.2) is 16.6 Å². The monoisotopic (exact) mass is 339 g/mol. The molecule has 0 saturated heterocycles. The minimum Gasteiger partial charge on any atom is -0.356 e.